The van der Waals surface area contributed by atoms with Crippen LogP contribution in [0.1, 0.15) is 30.1 Å². The Labute approximate surface area is 124 Å². The minimum absolute atomic E-state index is 0.185. The van der Waals surface area contributed by atoms with Gasteiger partial charge in [0.05, 0.1) is 18.4 Å². The van der Waals surface area contributed by atoms with Crippen molar-refractivity contribution in [1.82, 2.24) is 4.57 Å². The molecule has 21 heavy (non-hydrogen) atoms. The molecule has 0 unspecified atom stereocenters. The van der Waals surface area contributed by atoms with Crippen LogP contribution in [0, 0.1) is 0 Å². The molecule has 2 aromatic rings. The van der Waals surface area contributed by atoms with E-state index in [0.29, 0.717) is 18.6 Å². The van der Waals surface area contributed by atoms with Gasteiger partial charge in [-0.25, -0.2) is 0 Å². The normalized spacial score (nSPS) is 10.4. The van der Waals surface area contributed by atoms with Gasteiger partial charge in [-0.05, 0) is 30.7 Å². The van der Waals surface area contributed by atoms with Gasteiger partial charge in [0.2, 0.25) is 0 Å². The monoisotopic (exact) mass is 285 g/mol. The van der Waals surface area contributed by atoms with Crippen LogP contribution < -0.4 is 10.3 Å². The van der Waals surface area contributed by atoms with E-state index in [-0.39, 0.29) is 11.1 Å². The molecule has 0 N–H and O–H groups in total. The number of para-hydroxylation sites is 1. The highest BCUT2D eigenvalue weighted by Crippen LogP contribution is 2.29. The molecule has 0 bridgehead atoms. The fraction of sp³-hybridized carbons (Fsp3) is 0.294. The average Bonchev–Trinajstić information content (AvgIpc) is 2.53. The maximum Gasteiger partial charge on any atom is 0.261 e. The number of aromatic nitrogens is 1. The number of hydrogen-bond acceptors (Lipinski definition) is 3. The molecule has 0 saturated carbocycles. The van der Waals surface area contributed by atoms with E-state index in [1.807, 2.05) is 24.3 Å². The fourth-order valence-electron chi connectivity index (χ4n) is 2.31. The molecule has 1 heterocycles. The molecule has 1 aromatic heterocycles. The van der Waals surface area contributed by atoms with Gasteiger partial charge in [-0.2, -0.15) is 0 Å². The third kappa shape index (κ3) is 3.05. The molecule has 2 rings (SSSR count). The summed E-state index contributed by atoms with van der Waals surface area (Å²) in [6, 6.07) is 10.9. The Bertz CT molecular complexity index is 689. The first-order valence-electron chi connectivity index (χ1n) is 7.05. The number of ether oxygens (including phenoxy) is 1. The van der Waals surface area contributed by atoms with Gasteiger partial charge in [-0.15, -0.1) is 0 Å². The van der Waals surface area contributed by atoms with Crippen molar-refractivity contribution in [1.29, 1.82) is 0 Å². The summed E-state index contributed by atoms with van der Waals surface area (Å²) in [6.45, 7) is 2.65. The molecule has 0 amide bonds. The molecule has 4 heteroatoms. The van der Waals surface area contributed by atoms with E-state index in [4.69, 9.17) is 4.74 Å². The van der Waals surface area contributed by atoms with Crippen molar-refractivity contribution in [3.8, 4) is 17.0 Å². The standard InChI is InChI=1S/C17H19NO3/c1-3-4-11-18-15(10-9-13(12-19)17(18)20)14-7-5-6-8-16(14)21-2/h5-10,12H,3-4,11H2,1-2H3. The van der Waals surface area contributed by atoms with Gasteiger partial charge in [-0.3, -0.25) is 9.59 Å². The lowest BCUT2D eigenvalue weighted by Gasteiger charge is -2.15. The summed E-state index contributed by atoms with van der Waals surface area (Å²) < 4.78 is 7.03. The van der Waals surface area contributed by atoms with E-state index in [1.165, 1.54) is 0 Å². The zero-order chi connectivity index (χ0) is 15.2. The summed E-state index contributed by atoms with van der Waals surface area (Å²) in [5.74, 6) is 0.709. The average molecular weight is 285 g/mol. The number of carbonyl (C=O) groups is 1. The van der Waals surface area contributed by atoms with Gasteiger partial charge in [0.15, 0.2) is 6.29 Å². The predicted octanol–water partition coefficient (Wildman–Crippen LogP) is 3.14. The van der Waals surface area contributed by atoms with Crippen LogP contribution in [0.15, 0.2) is 41.2 Å². The molecule has 0 aliphatic rings. The second-order valence-electron chi connectivity index (χ2n) is 4.80. The number of unbranched alkanes of at least 4 members (excludes halogenated alkanes) is 1. The summed E-state index contributed by atoms with van der Waals surface area (Å²) >= 11 is 0. The van der Waals surface area contributed by atoms with E-state index in [0.717, 1.165) is 24.1 Å². The molecule has 110 valence electrons. The lowest BCUT2D eigenvalue weighted by molar-refractivity contribution is 0.112. The second-order valence-corrected chi connectivity index (χ2v) is 4.80. The Morgan fingerprint density at radius 3 is 2.62 bits per heavy atom. The third-order valence-corrected chi connectivity index (χ3v) is 3.45. The van der Waals surface area contributed by atoms with Crippen molar-refractivity contribution in [3.63, 3.8) is 0 Å². The molecule has 0 atom stereocenters. The number of nitrogens with zero attached hydrogens (tertiary/aromatic N) is 1. The van der Waals surface area contributed by atoms with E-state index >= 15 is 0 Å². The number of carbonyl (C=O) groups excluding carboxylic acids is 1. The Kier molecular flexibility index (Phi) is 4.93. The van der Waals surface area contributed by atoms with Gasteiger partial charge in [0.1, 0.15) is 5.75 Å². The van der Waals surface area contributed by atoms with Crippen molar-refractivity contribution < 1.29 is 9.53 Å². The first-order valence-corrected chi connectivity index (χ1v) is 7.05. The van der Waals surface area contributed by atoms with Gasteiger partial charge < -0.3 is 9.30 Å². The first kappa shape index (κ1) is 15.0. The van der Waals surface area contributed by atoms with E-state index in [2.05, 4.69) is 6.92 Å². The smallest absolute Gasteiger partial charge is 0.261 e. The number of aldehydes is 1. The van der Waals surface area contributed by atoms with E-state index in [9.17, 15) is 9.59 Å². The van der Waals surface area contributed by atoms with Gasteiger partial charge >= 0.3 is 0 Å². The van der Waals surface area contributed by atoms with Crippen LogP contribution >= 0.6 is 0 Å². The van der Waals surface area contributed by atoms with Crippen LogP contribution in [-0.2, 0) is 6.54 Å². The Hall–Kier alpha value is -2.36. The molecule has 0 radical (unpaired) electrons. The van der Waals surface area contributed by atoms with Crippen LogP contribution in [0.4, 0.5) is 0 Å². The molecule has 0 fully saturated rings. The highest BCUT2D eigenvalue weighted by Gasteiger charge is 2.13. The second kappa shape index (κ2) is 6.88. The van der Waals surface area contributed by atoms with Crippen LogP contribution in [0.3, 0.4) is 0 Å². The number of pyridine rings is 1. The van der Waals surface area contributed by atoms with Crippen LogP contribution in [0.25, 0.3) is 11.3 Å². The molecule has 0 spiro atoms. The number of hydrogen-bond donors (Lipinski definition) is 0. The third-order valence-electron chi connectivity index (χ3n) is 3.45. The molecular formula is C17H19NO3. The molecule has 1 aromatic carbocycles. The quantitative estimate of drug-likeness (QED) is 0.766. The highest BCUT2D eigenvalue weighted by molar-refractivity contribution is 5.76. The Morgan fingerprint density at radius 2 is 1.95 bits per heavy atom. The molecule has 0 saturated heterocycles. The van der Waals surface area contributed by atoms with Crippen molar-refractivity contribution in [2.45, 2.75) is 26.3 Å². The maximum atomic E-state index is 12.4. The van der Waals surface area contributed by atoms with Gasteiger partial charge in [0, 0.05) is 12.1 Å². The minimum Gasteiger partial charge on any atom is -0.496 e. The van der Waals surface area contributed by atoms with Gasteiger partial charge in [-0.1, -0.05) is 25.5 Å². The Balaban J connectivity index is 2.65. The predicted molar refractivity (Wildman–Crippen MR) is 83.0 cm³/mol. The van der Waals surface area contributed by atoms with Crippen molar-refractivity contribution in [2.75, 3.05) is 7.11 Å². The molecular weight excluding hydrogens is 266 g/mol. The zero-order valence-corrected chi connectivity index (χ0v) is 12.3. The van der Waals surface area contributed by atoms with Crippen molar-refractivity contribution >= 4 is 6.29 Å². The number of methoxy groups -OCH3 is 1. The minimum atomic E-state index is -0.248. The summed E-state index contributed by atoms with van der Waals surface area (Å²) in [4.78, 5) is 23.4. The fourth-order valence-corrected chi connectivity index (χ4v) is 2.31. The Morgan fingerprint density at radius 1 is 1.19 bits per heavy atom. The zero-order valence-electron chi connectivity index (χ0n) is 12.3. The van der Waals surface area contributed by atoms with Crippen molar-refractivity contribution in [3.05, 3.63) is 52.3 Å². The van der Waals surface area contributed by atoms with E-state index in [1.54, 1.807) is 23.8 Å². The molecule has 0 aliphatic carbocycles. The first-order chi connectivity index (χ1) is 10.2. The van der Waals surface area contributed by atoms with Crippen LogP contribution in [0.5, 0.6) is 5.75 Å². The highest BCUT2D eigenvalue weighted by atomic mass is 16.5. The van der Waals surface area contributed by atoms with Gasteiger partial charge in [0.25, 0.3) is 5.56 Å². The van der Waals surface area contributed by atoms with Crippen LogP contribution in [-0.4, -0.2) is 18.0 Å². The summed E-state index contributed by atoms with van der Waals surface area (Å²) in [7, 11) is 1.60. The largest absolute Gasteiger partial charge is 0.496 e. The summed E-state index contributed by atoms with van der Waals surface area (Å²) in [5.41, 5.74) is 1.56. The lowest BCUT2D eigenvalue weighted by atomic mass is 10.1. The lowest BCUT2D eigenvalue weighted by Crippen LogP contribution is -2.25. The summed E-state index contributed by atoms with van der Waals surface area (Å²) in [6.07, 6.45) is 2.46. The SMILES string of the molecule is CCCCn1c(-c2ccccc2OC)ccc(C=O)c1=O. The molecule has 0 aliphatic heterocycles. The maximum absolute atomic E-state index is 12.4. The molecule has 4 nitrogen and oxygen atoms in total. The van der Waals surface area contributed by atoms with E-state index < -0.39 is 0 Å². The topological polar surface area (TPSA) is 48.3 Å². The summed E-state index contributed by atoms with van der Waals surface area (Å²) in [5, 5.41) is 0. The number of rotatable bonds is 6. The van der Waals surface area contributed by atoms with Crippen LogP contribution in [0.2, 0.25) is 0 Å². The number of benzene rings is 1. The van der Waals surface area contributed by atoms with Crippen molar-refractivity contribution in [2.24, 2.45) is 0 Å².